The Bertz CT molecular complexity index is 871. The molecular weight excluding hydrogens is 380 g/mol. The topological polar surface area (TPSA) is 68.8 Å². The van der Waals surface area contributed by atoms with E-state index in [0.29, 0.717) is 6.61 Å². The molecular formula is C24H30N2O4. The smallest absolute Gasteiger partial charge is 0.315 e. The molecule has 0 bridgehead atoms. The minimum Gasteiger partial charge on any atom is -0.496 e. The number of rotatable bonds is 5. The molecule has 2 aromatic rings. The summed E-state index contributed by atoms with van der Waals surface area (Å²) in [6.45, 7) is 0.582. The van der Waals surface area contributed by atoms with Crippen LogP contribution in [0.2, 0.25) is 0 Å². The number of hydrogen-bond acceptors (Lipinski definition) is 4. The fraction of sp³-hybridized carbons (Fsp3) is 0.458. The second-order valence-electron chi connectivity index (χ2n) is 7.93. The first-order valence-corrected chi connectivity index (χ1v) is 10.7. The summed E-state index contributed by atoms with van der Waals surface area (Å²) in [5, 5.41) is 6.31. The molecule has 2 aliphatic rings. The van der Waals surface area contributed by atoms with E-state index in [4.69, 9.17) is 14.2 Å². The maximum Gasteiger partial charge on any atom is 0.315 e. The highest BCUT2D eigenvalue weighted by atomic mass is 16.5. The molecule has 30 heavy (non-hydrogen) atoms. The monoisotopic (exact) mass is 410 g/mol. The number of carbonyl (C=O) groups excluding carboxylic acids is 1. The number of amides is 2. The average Bonchev–Trinajstić information content (AvgIpc) is 2.79. The molecule has 6 heteroatoms. The van der Waals surface area contributed by atoms with E-state index in [1.165, 1.54) is 19.3 Å². The van der Waals surface area contributed by atoms with Gasteiger partial charge < -0.3 is 24.8 Å². The molecule has 1 fully saturated rings. The van der Waals surface area contributed by atoms with Crippen molar-refractivity contribution in [3.63, 3.8) is 0 Å². The van der Waals surface area contributed by atoms with E-state index in [2.05, 4.69) is 16.7 Å². The Morgan fingerprint density at radius 3 is 2.40 bits per heavy atom. The largest absolute Gasteiger partial charge is 0.496 e. The zero-order chi connectivity index (χ0) is 20.9. The number of hydrogen-bond donors (Lipinski definition) is 2. The highest BCUT2D eigenvalue weighted by Gasteiger charge is 2.26. The van der Waals surface area contributed by atoms with Gasteiger partial charge in [0.2, 0.25) is 0 Å². The Morgan fingerprint density at radius 1 is 0.967 bits per heavy atom. The van der Waals surface area contributed by atoms with Crippen molar-refractivity contribution >= 4 is 6.03 Å². The van der Waals surface area contributed by atoms with Gasteiger partial charge >= 0.3 is 6.03 Å². The van der Waals surface area contributed by atoms with Crippen LogP contribution < -0.4 is 24.8 Å². The van der Waals surface area contributed by atoms with Gasteiger partial charge in [-0.25, -0.2) is 4.79 Å². The summed E-state index contributed by atoms with van der Waals surface area (Å²) in [7, 11) is 3.31. The van der Waals surface area contributed by atoms with Crippen LogP contribution in [0.4, 0.5) is 4.79 Å². The van der Waals surface area contributed by atoms with Gasteiger partial charge in [0.25, 0.3) is 0 Å². The maximum atomic E-state index is 12.6. The van der Waals surface area contributed by atoms with Crippen LogP contribution in [0, 0.1) is 0 Å². The van der Waals surface area contributed by atoms with Gasteiger partial charge in [-0.15, -0.1) is 0 Å². The van der Waals surface area contributed by atoms with Crippen LogP contribution in [-0.2, 0) is 0 Å². The van der Waals surface area contributed by atoms with E-state index in [1.54, 1.807) is 14.2 Å². The molecule has 1 heterocycles. The Morgan fingerprint density at radius 2 is 1.70 bits per heavy atom. The summed E-state index contributed by atoms with van der Waals surface area (Å²) in [5.74, 6) is 2.29. The molecule has 0 radical (unpaired) electrons. The van der Waals surface area contributed by atoms with E-state index in [-0.39, 0.29) is 18.1 Å². The fourth-order valence-electron chi connectivity index (χ4n) is 4.47. The number of carbonyl (C=O) groups is 1. The average molecular weight is 411 g/mol. The second-order valence-corrected chi connectivity index (χ2v) is 7.93. The molecule has 2 N–H and O–H groups in total. The van der Waals surface area contributed by atoms with Gasteiger partial charge in [0.15, 0.2) is 0 Å². The highest BCUT2D eigenvalue weighted by molar-refractivity contribution is 5.79. The summed E-state index contributed by atoms with van der Waals surface area (Å²) in [5.41, 5.74) is 2.83. The lowest BCUT2D eigenvalue weighted by molar-refractivity contribution is 0.217. The lowest BCUT2D eigenvalue weighted by atomic mass is 9.94. The van der Waals surface area contributed by atoms with E-state index in [9.17, 15) is 4.79 Å². The number of benzene rings is 2. The van der Waals surface area contributed by atoms with Gasteiger partial charge in [-0.3, -0.25) is 0 Å². The molecule has 1 aliphatic heterocycles. The quantitative estimate of drug-likeness (QED) is 0.741. The van der Waals surface area contributed by atoms with Crippen molar-refractivity contribution in [2.24, 2.45) is 0 Å². The third kappa shape index (κ3) is 4.32. The molecule has 0 aromatic heterocycles. The zero-order valence-electron chi connectivity index (χ0n) is 17.7. The molecule has 0 saturated heterocycles. The summed E-state index contributed by atoms with van der Waals surface area (Å²) in [6, 6.07) is 11.9. The third-order valence-corrected chi connectivity index (χ3v) is 6.01. The van der Waals surface area contributed by atoms with Crippen molar-refractivity contribution in [1.82, 2.24) is 10.6 Å². The summed E-state index contributed by atoms with van der Waals surface area (Å²) < 4.78 is 17.0. The van der Waals surface area contributed by atoms with Crippen molar-refractivity contribution in [2.45, 2.75) is 50.6 Å². The predicted octanol–water partition coefficient (Wildman–Crippen LogP) is 4.83. The van der Waals surface area contributed by atoms with Gasteiger partial charge in [-0.1, -0.05) is 31.4 Å². The van der Waals surface area contributed by atoms with Crippen molar-refractivity contribution < 1.29 is 19.0 Å². The van der Waals surface area contributed by atoms with Crippen molar-refractivity contribution in [2.75, 3.05) is 20.8 Å². The van der Waals surface area contributed by atoms with Crippen LogP contribution in [0.25, 0.3) is 11.1 Å². The number of ether oxygens (including phenoxy) is 3. The number of urea groups is 1. The molecule has 2 aromatic carbocycles. The first kappa shape index (κ1) is 20.4. The van der Waals surface area contributed by atoms with Crippen LogP contribution >= 0.6 is 0 Å². The van der Waals surface area contributed by atoms with Crippen LogP contribution in [0.5, 0.6) is 17.2 Å². The Balaban J connectivity index is 1.58. The van der Waals surface area contributed by atoms with Gasteiger partial charge in [0.1, 0.15) is 17.2 Å². The molecule has 4 rings (SSSR count). The number of fused-ring (bicyclic) bond motifs is 1. The fourth-order valence-corrected chi connectivity index (χ4v) is 4.47. The Kier molecular flexibility index (Phi) is 6.31. The second kappa shape index (κ2) is 9.28. The molecule has 2 amide bonds. The summed E-state index contributed by atoms with van der Waals surface area (Å²) in [4.78, 5) is 12.6. The van der Waals surface area contributed by atoms with Crippen LogP contribution in [-0.4, -0.2) is 32.9 Å². The van der Waals surface area contributed by atoms with E-state index >= 15 is 0 Å². The molecule has 1 aliphatic carbocycles. The van der Waals surface area contributed by atoms with Gasteiger partial charge in [0, 0.05) is 18.0 Å². The van der Waals surface area contributed by atoms with Gasteiger partial charge in [0.05, 0.1) is 32.4 Å². The standard InChI is InChI=1S/C24H30N2O4/c1-28-21-9-6-10-22(29-2)23(21)16-11-12-20-18(15-16)19(13-14-30-20)26-24(27)25-17-7-4-3-5-8-17/h6,9-12,15,17,19H,3-5,7-8,13-14H2,1-2H3,(H2,25,26,27). The zero-order valence-corrected chi connectivity index (χ0v) is 17.7. The Labute approximate surface area is 177 Å². The normalized spacial score (nSPS) is 18.7. The minimum atomic E-state index is -0.0991. The molecule has 1 atom stereocenters. The first-order valence-electron chi connectivity index (χ1n) is 10.7. The molecule has 6 nitrogen and oxygen atoms in total. The lowest BCUT2D eigenvalue weighted by Gasteiger charge is -2.29. The highest BCUT2D eigenvalue weighted by Crippen LogP contribution is 2.42. The first-order chi connectivity index (χ1) is 14.7. The van der Waals surface area contributed by atoms with Crippen molar-refractivity contribution in [3.8, 4) is 28.4 Å². The van der Waals surface area contributed by atoms with E-state index in [1.807, 2.05) is 30.3 Å². The maximum absolute atomic E-state index is 12.6. The van der Waals surface area contributed by atoms with Crippen molar-refractivity contribution in [3.05, 3.63) is 42.0 Å². The summed E-state index contributed by atoms with van der Waals surface area (Å²) in [6.07, 6.45) is 6.51. The van der Waals surface area contributed by atoms with E-state index in [0.717, 1.165) is 53.2 Å². The number of methoxy groups -OCH3 is 2. The predicted molar refractivity (Wildman–Crippen MR) is 116 cm³/mol. The van der Waals surface area contributed by atoms with Crippen LogP contribution in [0.1, 0.15) is 50.1 Å². The molecule has 0 spiro atoms. The lowest BCUT2D eigenvalue weighted by Crippen LogP contribution is -2.45. The molecule has 1 saturated carbocycles. The Hall–Kier alpha value is -2.89. The molecule has 1 unspecified atom stereocenters. The van der Waals surface area contributed by atoms with Crippen LogP contribution in [0.15, 0.2) is 36.4 Å². The third-order valence-electron chi connectivity index (χ3n) is 6.01. The summed E-state index contributed by atoms with van der Waals surface area (Å²) >= 11 is 0. The van der Waals surface area contributed by atoms with Gasteiger partial charge in [-0.05, 0) is 42.7 Å². The van der Waals surface area contributed by atoms with Crippen LogP contribution in [0.3, 0.4) is 0 Å². The van der Waals surface area contributed by atoms with Crippen molar-refractivity contribution in [1.29, 1.82) is 0 Å². The minimum absolute atomic E-state index is 0.0972. The van der Waals surface area contributed by atoms with E-state index < -0.39 is 0 Å². The van der Waals surface area contributed by atoms with Gasteiger partial charge in [-0.2, -0.15) is 0 Å². The number of nitrogens with one attached hydrogen (secondary N) is 2. The molecule has 160 valence electrons. The SMILES string of the molecule is COc1cccc(OC)c1-c1ccc2c(c1)C(NC(=O)NC1CCCCC1)CCO2.